The summed E-state index contributed by atoms with van der Waals surface area (Å²) in [6.45, 7) is 3.80. The highest BCUT2D eigenvalue weighted by molar-refractivity contribution is 7.92. The Hall–Kier alpha value is -4.50. The fourth-order valence-corrected chi connectivity index (χ4v) is 6.22. The Balaban J connectivity index is 1.78. The van der Waals surface area contributed by atoms with Gasteiger partial charge in [-0.1, -0.05) is 85.3 Å². The summed E-state index contributed by atoms with van der Waals surface area (Å²) in [6, 6.07) is 28.8. The van der Waals surface area contributed by atoms with E-state index >= 15 is 0 Å². The summed E-state index contributed by atoms with van der Waals surface area (Å²) in [6.07, 6.45) is 0.944. The first-order valence-corrected chi connectivity index (χ1v) is 15.6. The molecule has 4 rings (SSSR count). The average Bonchev–Trinajstić information content (AvgIpc) is 3.01. The van der Waals surface area contributed by atoms with E-state index < -0.39 is 34.3 Å². The Kier molecular flexibility index (Phi) is 10.7. The summed E-state index contributed by atoms with van der Waals surface area (Å²) in [5.41, 5.74) is 2.77. The van der Waals surface area contributed by atoms with Gasteiger partial charge in [0.25, 0.3) is 10.0 Å². The van der Waals surface area contributed by atoms with Crippen molar-refractivity contribution in [3.8, 4) is 0 Å². The van der Waals surface area contributed by atoms with Crippen molar-refractivity contribution in [1.82, 2.24) is 10.2 Å². The van der Waals surface area contributed by atoms with Gasteiger partial charge in [0.05, 0.1) is 10.6 Å². The Morgan fingerprint density at radius 3 is 2.09 bits per heavy atom. The lowest BCUT2D eigenvalue weighted by atomic mass is 10.0. The molecule has 224 valence electrons. The zero-order valence-electron chi connectivity index (χ0n) is 24.3. The third-order valence-corrected chi connectivity index (χ3v) is 8.77. The number of hydrogen-bond acceptors (Lipinski definition) is 4. The van der Waals surface area contributed by atoms with Gasteiger partial charge in [-0.3, -0.25) is 13.9 Å². The second-order valence-electron chi connectivity index (χ2n) is 10.3. The van der Waals surface area contributed by atoms with Crippen molar-refractivity contribution in [1.29, 1.82) is 0 Å². The largest absolute Gasteiger partial charge is 0.354 e. The number of hydrogen-bond donors (Lipinski definition) is 1. The zero-order valence-corrected chi connectivity index (χ0v) is 25.1. The summed E-state index contributed by atoms with van der Waals surface area (Å²) < 4.78 is 42.6. The number of carbonyl (C=O) groups is 2. The van der Waals surface area contributed by atoms with Gasteiger partial charge in [0, 0.05) is 19.5 Å². The van der Waals surface area contributed by atoms with Crippen molar-refractivity contribution >= 4 is 27.5 Å². The highest BCUT2D eigenvalue weighted by Gasteiger charge is 2.34. The van der Waals surface area contributed by atoms with Crippen LogP contribution in [0, 0.1) is 12.7 Å². The molecule has 0 aliphatic heterocycles. The number of nitrogens with one attached hydrogen (secondary N) is 1. The number of rotatable bonds is 13. The molecule has 4 aromatic rings. The van der Waals surface area contributed by atoms with Crippen LogP contribution in [0.5, 0.6) is 0 Å². The van der Waals surface area contributed by atoms with E-state index in [1.807, 2.05) is 68.4 Å². The van der Waals surface area contributed by atoms with Crippen LogP contribution in [0.15, 0.2) is 114 Å². The third-order valence-electron chi connectivity index (χ3n) is 6.98. The van der Waals surface area contributed by atoms with Gasteiger partial charge in [-0.25, -0.2) is 12.8 Å². The molecule has 0 saturated heterocycles. The van der Waals surface area contributed by atoms with Crippen LogP contribution in [0.3, 0.4) is 0 Å². The topological polar surface area (TPSA) is 86.8 Å². The van der Waals surface area contributed by atoms with Gasteiger partial charge in [0.15, 0.2) is 0 Å². The van der Waals surface area contributed by atoms with Crippen molar-refractivity contribution in [2.75, 3.05) is 17.4 Å². The normalized spacial score (nSPS) is 11.9. The second-order valence-corrected chi connectivity index (χ2v) is 12.2. The molecule has 0 aliphatic carbocycles. The lowest BCUT2D eigenvalue weighted by Gasteiger charge is -2.34. The van der Waals surface area contributed by atoms with E-state index in [2.05, 4.69) is 5.32 Å². The molecule has 0 aliphatic rings. The minimum Gasteiger partial charge on any atom is -0.354 e. The van der Waals surface area contributed by atoms with E-state index in [0.717, 1.165) is 33.1 Å². The first kappa shape index (κ1) is 31.4. The van der Waals surface area contributed by atoms with Gasteiger partial charge >= 0.3 is 0 Å². The van der Waals surface area contributed by atoms with Crippen LogP contribution in [-0.4, -0.2) is 44.3 Å². The molecule has 1 N–H and O–H groups in total. The molecule has 0 aromatic heterocycles. The van der Waals surface area contributed by atoms with Gasteiger partial charge in [-0.2, -0.15) is 0 Å². The highest BCUT2D eigenvalue weighted by atomic mass is 32.2. The Bertz CT molecular complexity index is 1610. The van der Waals surface area contributed by atoms with Crippen LogP contribution in [0.1, 0.15) is 30.0 Å². The lowest BCUT2D eigenvalue weighted by molar-refractivity contribution is -0.140. The van der Waals surface area contributed by atoms with Crippen molar-refractivity contribution in [3.05, 3.63) is 132 Å². The van der Waals surface area contributed by atoms with Gasteiger partial charge in [-0.05, 0) is 60.9 Å². The van der Waals surface area contributed by atoms with Crippen LogP contribution in [0.2, 0.25) is 0 Å². The molecule has 0 fully saturated rings. The summed E-state index contributed by atoms with van der Waals surface area (Å²) >= 11 is 0. The number of carbonyl (C=O) groups excluding carboxylic acids is 2. The maximum absolute atomic E-state index is 14.3. The smallest absolute Gasteiger partial charge is 0.264 e. The molecular formula is C34H36FN3O4S. The number of halogens is 1. The number of benzene rings is 4. The molecule has 0 bridgehead atoms. The SMILES string of the molecule is CCCNC(=O)C(Cc1ccccc1)N(Cc1cccc(C)c1)C(=O)CN(c1ccc(F)cc1)S(=O)(=O)c1ccccc1. The minimum atomic E-state index is -4.23. The molecule has 1 atom stereocenters. The summed E-state index contributed by atoms with van der Waals surface area (Å²) in [5.74, 6) is -1.44. The van der Waals surface area contributed by atoms with Crippen LogP contribution in [-0.2, 0) is 32.6 Å². The third kappa shape index (κ3) is 8.29. The maximum atomic E-state index is 14.3. The second kappa shape index (κ2) is 14.6. The molecule has 2 amide bonds. The highest BCUT2D eigenvalue weighted by Crippen LogP contribution is 2.25. The van der Waals surface area contributed by atoms with E-state index in [1.165, 1.54) is 29.2 Å². The Labute approximate surface area is 253 Å². The molecule has 0 saturated carbocycles. The number of aryl methyl sites for hydroxylation is 1. The standard InChI is InChI=1S/C34H36FN3O4S/c1-3-21-36-34(40)32(23-27-12-6-4-7-13-27)37(24-28-14-10-11-26(2)22-28)33(39)25-38(30-19-17-29(35)18-20-30)43(41,42)31-15-8-5-9-16-31/h4-20,22,32H,3,21,23-25H2,1-2H3,(H,36,40). The molecule has 43 heavy (non-hydrogen) atoms. The van der Waals surface area contributed by atoms with E-state index in [4.69, 9.17) is 0 Å². The molecule has 4 aromatic carbocycles. The lowest BCUT2D eigenvalue weighted by Crippen LogP contribution is -2.53. The molecule has 0 radical (unpaired) electrons. The van der Waals surface area contributed by atoms with E-state index in [0.29, 0.717) is 13.0 Å². The fourth-order valence-electron chi connectivity index (χ4n) is 4.78. The van der Waals surface area contributed by atoms with Crippen molar-refractivity contribution < 1.29 is 22.4 Å². The number of anilines is 1. The quantitative estimate of drug-likeness (QED) is 0.219. The van der Waals surface area contributed by atoms with Gasteiger partial charge in [0.1, 0.15) is 18.4 Å². The molecule has 9 heteroatoms. The van der Waals surface area contributed by atoms with Gasteiger partial charge in [0.2, 0.25) is 11.8 Å². The van der Waals surface area contributed by atoms with Gasteiger partial charge < -0.3 is 10.2 Å². The monoisotopic (exact) mass is 601 g/mol. The number of amides is 2. The van der Waals surface area contributed by atoms with Crippen LogP contribution in [0.25, 0.3) is 0 Å². The van der Waals surface area contributed by atoms with Crippen LogP contribution in [0.4, 0.5) is 10.1 Å². The fraction of sp³-hybridized carbons (Fsp3) is 0.235. The predicted molar refractivity (Wildman–Crippen MR) is 166 cm³/mol. The van der Waals surface area contributed by atoms with Gasteiger partial charge in [-0.15, -0.1) is 0 Å². The van der Waals surface area contributed by atoms with E-state index in [9.17, 15) is 22.4 Å². The first-order chi connectivity index (χ1) is 20.7. The van der Waals surface area contributed by atoms with E-state index in [1.54, 1.807) is 18.2 Å². The summed E-state index contributed by atoms with van der Waals surface area (Å²) in [5, 5.41) is 2.93. The maximum Gasteiger partial charge on any atom is 0.264 e. The number of nitrogens with zero attached hydrogens (tertiary/aromatic N) is 2. The van der Waals surface area contributed by atoms with Crippen molar-refractivity contribution in [2.45, 2.75) is 44.2 Å². The van der Waals surface area contributed by atoms with E-state index in [-0.39, 0.29) is 29.5 Å². The molecule has 1 unspecified atom stereocenters. The zero-order chi connectivity index (χ0) is 30.8. The molecule has 7 nitrogen and oxygen atoms in total. The van der Waals surface area contributed by atoms with Crippen LogP contribution >= 0.6 is 0 Å². The minimum absolute atomic E-state index is 0.0149. The molecule has 0 spiro atoms. The average molecular weight is 602 g/mol. The van der Waals surface area contributed by atoms with Crippen molar-refractivity contribution in [3.63, 3.8) is 0 Å². The van der Waals surface area contributed by atoms with Crippen LogP contribution < -0.4 is 9.62 Å². The summed E-state index contributed by atoms with van der Waals surface area (Å²) in [7, 11) is -4.23. The molecule has 0 heterocycles. The summed E-state index contributed by atoms with van der Waals surface area (Å²) in [4.78, 5) is 29.4. The first-order valence-electron chi connectivity index (χ1n) is 14.2. The Morgan fingerprint density at radius 2 is 1.47 bits per heavy atom. The number of sulfonamides is 1. The molecular weight excluding hydrogens is 565 g/mol. The predicted octanol–water partition coefficient (Wildman–Crippen LogP) is 5.50. The Morgan fingerprint density at radius 1 is 0.837 bits per heavy atom. The van der Waals surface area contributed by atoms with Crippen molar-refractivity contribution in [2.24, 2.45) is 0 Å².